The summed E-state index contributed by atoms with van der Waals surface area (Å²) in [5.41, 5.74) is 0.0620. The Morgan fingerprint density at radius 2 is 2.14 bits per heavy atom. The molecule has 3 rings (SSSR count). The molecule has 21 heavy (non-hydrogen) atoms. The van der Waals surface area contributed by atoms with Gasteiger partial charge in [-0.3, -0.25) is 0 Å². The van der Waals surface area contributed by atoms with Crippen LogP contribution in [0.5, 0.6) is 0 Å². The van der Waals surface area contributed by atoms with E-state index < -0.39 is 18.1 Å². The molecule has 0 saturated carbocycles. The number of halogens is 3. The maximum absolute atomic E-state index is 13.1. The summed E-state index contributed by atoms with van der Waals surface area (Å²) in [6.07, 6.45) is -2.79. The molecule has 0 unspecified atom stereocenters. The lowest BCUT2D eigenvalue weighted by molar-refractivity contribution is 0.0702. The number of nitrogens with zero attached hydrogens (tertiary/aromatic N) is 2. The highest BCUT2D eigenvalue weighted by atomic mass is 35.5. The molecule has 4 nitrogen and oxygen atoms in total. The third-order valence-corrected chi connectivity index (χ3v) is 4.19. The van der Waals surface area contributed by atoms with Gasteiger partial charge in [-0.15, -0.1) is 11.3 Å². The molecule has 2 aromatic heterocycles. The van der Waals surface area contributed by atoms with Crippen LogP contribution in [0.3, 0.4) is 0 Å². The molecule has 0 aliphatic carbocycles. The van der Waals surface area contributed by atoms with E-state index in [0.717, 1.165) is 11.3 Å². The summed E-state index contributed by atoms with van der Waals surface area (Å²) in [5.74, 6) is -1.16. The quantitative estimate of drug-likeness (QED) is 0.776. The average molecular weight is 329 g/mol. The van der Waals surface area contributed by atoms with Gasteiger partial charge in [-0.05, 0) is 24.3 Å². The molecule has 8 heteroatoms. The van der Waals surface area contributed by atoms with Crippen molar-refractivity contribution >= 4 is 39.1 Å². The van der Waals surface area contributed by atoms with Gasteiger partial charge < -0.3 is 5.11 Å². The third-order valence-electron chi connectivity index (χ3n) is 2.86. The van der Waals surface area contributed by atoms with Crippen LogP contribution in [0.15, 0.2) is 30.3 Å². The van der Waals surface area contributed by atoms with Crippen LogP contribution in [0.1, 0.15) is 21.8 Å². The summed E-state index contributed by atoms with van der Waals surface area (Å²) in [4.78, 5) is 11.4. The Morgan fingerprint density at radius 1 is 1.38 bits per heavy atom. The largest absolute Gasteiger partial charge is 0.477 e. The van der Waals surface area contributed by atoms with Gasteiger partial charge in [-0.2, -0.15) is 5.10 Å². The minimum Gasteiger partial charge on any atom is -0.477 e. The number of alkyl halides is 2. The number of thiophene rings is 1. The molecule has 0 saturated heterocycles. The minimum absolute atomic E-state index is 0.0138. The molecule has 0 bridgehead atoms. The van der Waals surface area contributed by atoms with Crippen molar-refractivity contribution in [3.63, 3.8) is 0 Å². The first-order valence-electron chi connectivity index (χ1n) is 5.77. The van der Waals surface area contributed by atoms with E-state index in [-0.39, 0.29) is 10.3 Å². The first-order chi connectivity index (χ1) is 9.97. The van der Waals surface area contributed by atoms with Gasteiger partial charge in [0.05, 0.1) is 5.69 Å². The molecule has 0 aliphatic rings. The van der Waals surface area contributed by atoms with Crippen LogP contribution in [0.4, 0.5) is 8.78 Å². The van der Waals surface area contributed by atoms with Gasteiger partial charge >= 0.3 is 5.97 Å². The van der Waals surface area contributed by atoms with Crippen LogP contribution in [0.2, 0.25) is 5.02 Å². The monoisotopic (exact) mass is 328 g/mol. The van der Waals surface area contributed by atoms with Gasteiger partial charge in [0, 0.05) is 10.4 Å². The van der Waals surface area contributed by atoms with Crippen LogP contribution in [0, 0.1) is 0 Å². The van der Waals surface area contributed by atoms with Gasteiger partial charge in [0.25, 0.3) is 6.43 Å². The van der Waals surface area contributed by atoms with E-state index in [1.165, 1.54) is 10.7 Å². The predicted molar refractivity (Wildman–Crippen MR) is 75.9 cm³/mol. The van der Waals surface area contributed by atoms with Gasteiger partial charge in [0.15, 0.2) is 0 Å². The van der Waals surface area contributed by atoms with Crippen molar-refractivity contribution in [2.75, 3.05) is 0 Å². The molecular formula is C13H7ClF2N2O2S. The fourth-order valence-electron chi connectivity index (χ4n) is 1.98. The summed E-state index contributed by atoms with van der Waals surface area (Å²) >= 11 is 6.79. The molecule has 0 radical (unpaired) electrons. The highest BCUT2D eigenvalue weighted by Gasteiger charge is 2.23. The average Bonchev–Trinajstić information content (AvgIpc) is 2.96. The predicted octanol–water partition coefficient (Wildman–Crippen LogP) is 4.38. The van der Waals surface area contributed by atoms with Crippen LogP contribution < -0.4 is 0 Å². The van der Waals surface area contributed by atoms with Crippen molar-refractivity contribution in [2.45, 2.75) is 6.43 Å². The van der Waals surface area contributed by atoms with Crippen LogP contribution in [0.25, 0.3) is 15.9 Å². The Hall–Kier alpha value is -1.99. The van der Waals surface area contributed by atoms with Crippen molar-refractivity contribution in [1.29, 1.82) is 0 Å². The number of aromatic carboxylic acids is 1. The molecule has 108 valence electrons. The molecule has 1 aromatic carbocycles. The normalized spacial score (nSPS) is 11.4. The molecule has 0 fully saturated rings. The molecule has 2 heterocycles. The number of benzene rings is 1. The smallest absolute Gasteiger partial charge is 0.345 e. The topological polar surface area (TPSA) is 55.1 Å². The Bertz CT molecular complexity index is 844. The number of carbonyl (C=O) groups is 1. The van der Waals surface area contributed by atoms with Crippen molar-refractivity contribution in [2.24, 2.45) is 0 Å². The zero-order valence-corrected chi connectivity index (χ0v) is 11.8. The standard InChI is InChI=1S/C13H7ClF2N2O2S/c14-6-2-1-3-7(4-6)18-12-8(10(17-18)11(15)16)5-9(21-12)13(19)20/h1-5,11H,(H,19,20). The van der Waals surface area contributed by atoms with E-state index in [1.54, 1.807) is 24.3 Å². The highest BCUT2D eigenvalue weighted by molar-refractivity contribution is 7.20. The second-order valence-corrected chi connectivity index (χ2v) is 5.68. The van der Waals surface area contributed by atoms with Crippen molar-refractivity contribution < 1.29 is 18.7 Å². The molecule has 0 aliphatic heterocycles. The lowest BCUT2D eigenvalue weighted by atomic mass is 10.3. The highest BCUT2D eigenvalue weighted by Crippen LogP contribution is 2.35. The molecule has 0 spiro atoms. The number of rotatable bonds is 3. The van der Waals surface area contributed by atoms with Gasteiger partial charge in [0.1, 0.15) is 15.4 Å². The lowest BCUT2D eigenvalue weighted by Crippen LogP contribution is -1.97. The Balaban J connectivity index is 2.29. The Morgan fingerprint density at radius 3 is 2.76 bits per heavy atom. The molecular weight excluding hydrogens is 322 g/mol. The van der Waals surface area contributed by atoms with Crippen LogP contribution in [-0.2, 0) is 0 Å². The van der Waals surface area contributed by atoms with Gasteiger partial charge in [-0.1, -0.05) is 17.7 Å². The van der Waals surface area contributed by atoms with E-state index >= 15 is 0 Å². The molecule has 1 N–H and O–H groups in total. The first kappa shape index (κ1) is 14.0. The summed E-state index contributed by atoms with van der Waals surface area (Å²) in [7, 11) is 0. The number of fused-ring (bicyclic) bond motifs is 1. The van der Waals surface area contributed by atoms with Crippen LogP contribution in [-0.4, -0.2) is 20.9 Å². The van der Waals surface area contributed by atoms with Gasteiger partial charge in [0.2, 0.25) is 0 Å². The number of aromatic nitrogens is 2. The van der Waals surface area contributed by atoms with E-state index in [2.05, 4.69) is 5.10 Å². The maximum atomic E-state index is 13.1. The van der Waals surface area contributed by atoms with E-state index in [1.807, 2.05) is 0 Å². The van der Waals surface area contributed by atoms with Crippen LogP contribution >= 0.6 is 22.9 Å². The number of hydrogen-bond donors (Lipinski definition) is 1. The lowest BCUT2D eigenvalue weighted by Gasteiger charge is -2.02. The van der Waals surface area contributed by atoms with E-state index in [4.69, 9.17) is 16.7 Å². The van der Waals surface area contributed by atoms with Gasteiger partial charge in [-0.25, -0.2) is 18.3 Å². The Kier molecular flexibility index (Phi) is 3.38. The van der Waals surface area contributed by atoms with Crippen molar-refractivity contribution in [3.05, 3.63) is 45.9 Å². The number of carboxylic acid groups (broad SMARTS) is 1. The fraction of sp³-hybridized carbons (Fsp3) is 0.0769. The zero-order chi connectivity index (χ0) is 15.1. The van der Waals surface area contributed by atoms with E-state index in [9.17, 15) is 13.6 Å². The number of carboxylic acids is 1. The fourth-order valence-corrected chi connectivity index (χ4v) is 3.14. The third kappa shape index (κ3) is 2.38. The second-order valence-electron chi connectivity index (χ2n) is 4.21. The van der Waals surface area contributed by atoms with Crippen molar-refractivity contribution in [3.8, 4) is 5.69 Å². The summed E-state index contributed by atoms with van der Waals surface area (Å²) < 4.78 is 27.4. The SMILES string of the molecule is O=C(O)c1cc2c(C(F)F)nn(-c3cccc(Cl)c3)c2s1. The molecule has 0 atom stereocenters. The summed E-state index contributed by atoms with van der Waals surface area (Å²) in [6, 6.07) is 7.77. The second kappa shape index (κ2) is 5.09. The summed E-state index contributed by atoms with van der Waals surface area (Å²) in [6.45, 7) is 0. The Labute approximate surface area is 126 Å². The minimum atomic E-state index is -2.79. The van der Waals surface area contributed by atoms with Crippen molar-refractivity contribution in [1.82, 2.24) is 9.78 Å². The molecule has 3 aromatic rings. The first-order valence-corrected chi connectivity index (χ1v) is 6.96. The number of hydrogen-bond acceptors (Lipinski definition) is 3. The molecule has 0 amide bonds. The van der Waals surface area contributed by atoms with E-state index in [0.29, 0.717) is 15.5 Å². The summed E-state index contributed by atoms with van der Waals surface area (Å²) in [5, 5.41) is 13.5. The maximum Gasteiger partial charge on any atom is 0.345 e. The zero-order valence-electron chi connectivity index (χ0n) is 10.3.